The minimum Gasteiger partial charge on any atom is -0.357 e. The lowest BCUT2D eigenvalue weighted by atomic mass is 10.2. The smallest absolute Gasteiger partial charge is 0.248 e. The molecule has 0 fully saturated rings. The minimum absolute atomic E-state index is 0. The van der Waals surface area contributed by atoms with E-state index in [1.165, 1.54) is 0 Å². The first-order valence-electron chi connectivity index (χ1n) is 8.22. The number of unbranched alkanes of at least 4 members (excludes halogenated alkanes) is 1. The average molecular weight is 478 g/mol. The van der Waals surface area contributed by atoms with Crippen molar-refractivity contribution in [3.05, 3.63) is 35.2 Å². The maximum Gasteiger partial charge on any atom is 0.248 e. The number of hydrogen-bond donors (Lipinski definition) is 1. The van der Waals surface area contributed by atoms with E-state index in [-0.39, 0.29) is 24.0 Å². The van der Waals surface area contributed by atoms with E-state index in [0.29, 0.717) is 23.3 Å². The fourth-order valence-corrected chi connectivity index (χ4v) is 2.27. The molecule has 138 valence electrons. The number of hydrogen-bond acceptors (Lipinski definition) is 4. The zero-order chi connectivity index (χ0) is 17.4. The lowest BCUT2D eigenvalue weighted by molar-refractivity contribution is 0.379. The second-order valence-corrected chi connectivity index (χ2v) is 5.90. The third-order valence-electron chi connectivity index (χ3n) is 3.48. The number of aliphatic imine (C=N–C) groups is 1. The lowest BCUT2D eigenvalue weighted by Crippen LogP contribution is -2.39. The molecule has 6 nitrogen and oxygen atoms in total. The molecule has 0 aliphatic rings. The summed E-state index contributed by atoms with van der Waals surface area (Å²) in [6.45, 7) is 6.35. The van der Waals surface area contributed by atoms with Crippen molar-refractivity contribution in [2.45, 2.75) is 33.2 Å². The molecule has 0 aliphatic heterocycles. The van der Waals surface area contributed by atoms with E-state index in [2.05, 4.69) is 39.2 Å². The molecule has 0 saturated carbocycles. The van der Waals surface area contributed by atoms with Crippen molar-refractivity contribution in [1.82, 2.24) is 20.4 Å². The number of nitrogens with one attached hydrogen (secondary N) is 1. The van der Waals surface area contributed by atoms with Gasteiger partial charge in [-0.2, -0.15) is 4.98 Å². The zero-order valence-corrected chi connectivity index (χ0v) is 17.9. The van der Waals surface area contributed by atoms with Crippen LogP contribution >= 0.6 is 35.6 Å². The van der Waals surface area contributed by atoms with Gasteiger partial charge in [0.1, 0.15) is 6.54 Å². The number of rotatable bonds is 7. The molecule has 1 aromatic carbocycles. The lowest BCUT2D eigenvalue weighted by Gasteiger charge is -2.21. The molecule has 8 heteroatoms. The Morgan fingerprint density at radius 1 is 1.28 bits per heavy atom. The number of guanidine groups is 1. The zero-order valence-electron chi connectivity index (χ0n) is 14.8. The third-order valence-corrected chi connectivity index (χ3v) is 3.73. The van der Waals surface area contributed by atoms with E-state index in [0.717, 1.165) is 37.5 Å². The van der Waals surface area contributed by atoms with Gasteiger partial charge in [0.25, 0.3) is 0 Å². The number of nitrogens with zero attached hydrogens (tertiary/aromatic N) is 4. The van der Waals surface area contributed by atoms with Crippen molar-refractivity contribution in [3.8, 4) is 11.4 Å². The summed E-state index contributed by atoms with van der Waals surface area (Å²) in [6, 6.07) is 7.33. The van der Waals surface area contributed by atoms with Gasteiger partial charge in [0.05, 0.1) is 0 Å². The van der Waals surface area contributed by atoms with Gasteiger partial charge in [-0.05, 0) is 37.6 Å². The summed E-state index contributed by atoms with van der Waals surface area (Å²) >= 11 is 5.89. The van der Waals surface area contributed by atoms with Crippen molar-refractivity contribution < 1.29 is 4.52 Å². The molecule has 1 heterocycles. The van der Waals surface area contributed by atoms with Crippen molar-refractivity contribution in [3.63, 3.8) is 0 Å². The Balaban J connectivity index is 0.00000312. The van der Waals surface area contributed by atoms with E-state index >= 15 is 0 Å². The average Bonchev–Trinajstić information content (AvgIpc) is 3.06. The molecule has 0 bridgehead atoms. The van der Waals surface area contributed by atoms with E-state index in [1.807, 2.05) is 19.2 Å². The monoisotopic (exact) mass is 477 g/mol. The number of halogens is 2. The molecule has 0 aliphatic carbocycles. The molecule has 0 saturated heterocycles. The van der Waals surface area contributed by atoms with Gasteiger partial charge in [-0.25, -0.2) is 4.99 Å². The molecule has 1 aromatic heterocycles. The molecule has 1 N–H and O–H groups in total. The van der Waals surface area contributed by atoms with E-state index < -0.39 is 0 Å². The summed E-state index contributed by atoms with van der Waals surface area (Å²) in [6.07, 6.45) is 2.28. The summed E-state index contributed by atoms with van der Waals surface area (Å²) in [7, 11) is 2.03. The number of aromatic nitrogens is 2. The summed E-state index contributed by atoms with van der Waals surface area (Å²) in [4.78, 5) is 11.1. The van der Waals surface area contributed by atoms with Crippen molar-refractivity contribution in [2.24, 2.45) is 4.99 Å². The van der Waals surface area contributed by atoms with Gasteiger partial charge >= 0.3 is 0 Å². The van der Waals surface area contributed by atoms with Gasteiger partial charge in [0.15, 0.2) is 5.96 Å². The van der Waals surface area contributed by atoms with Crippen molar-refractivity contribution >= 4 is 41.5 Å². The Bertz CT molecular complexity index is 659. The first-order chi connectivity index (χ1) is 11.6. The third kappa shape index (κ3) is 6.81. The van der Waals surface area contributed by atoms with Crippen molar-refractivity contribution in [1.29, 1.82) is 0 Å². The Kier molecular flexibility index (Phi) is 9.81. The van der Waals surface area contributed by atoms with Gasteiger partial charge < -0.3 is 14.7 Å². The van der Waals surface area contributed by atoms with E-state index in [1.54, 1.807) is 12.1 Å². The van der Waals surface area contributed by atoms with Crippen LogP contribution in [0, 0.1) is 0 Å². The highest BCUT2D eigenvalue weighted by Gasteiger charge is 2.10. The fraction of sp³-hybridized carbons (Fsp3) is 0.471. The molecule has 0 radical (unpaired) electrons. The topological polar surface area (TPSA) is 66.5 Å². The van der Waals surface area contributed by atoms with Crippen LogP contribution in [-0.2, 0) is 6.54 Å². The largest absolute Gasteiger partial charge is 0.357 e. The quantitative estimate of drug-likeness (QED) is 0.368. The summed E-state index contributed by atoms with van der Waals surface area (Å²) in [5.74, 6) is 1.87. The van der Waals surface area contributed by atoms with Crippen LogP contribution in [0.15, 0.2) is 33.8 Å². The Labute approximate surface area is 171 Å². The van der Waals surface area contributed by atoms with E-state index in [4.69, 9.17) is 16.1 Å². The SMILES string of the molecule is CCCCN(C)C(=NCc1nc(-c2ccc(Cl)cc2)no1)NCC.I. The van der Waals surface area contributed by atoms with Gasteiger partial charge in [0.2, 0.25) is 11.7 Å². The second-order valence-electron chi connectivity index (χ2n) is 5.46. The van der Waals surface area contributed by atoms with Gasteiger partial charge in [-0.15, -0.1) is 24.0 Å². The Morgan fingerprint density at radius 3 is 2.64 bits per heavy atom. The minimum atomic E-state index is 0. The molecule has 0 unspecified atom stereocenters. The Morgan fingerprint density at radius 2 is 2.00 bits per heavy atom. The van der Waals surface area contributed by atoms with Crippen LogP contribution in [0.3, 0.4) is 0 Å². The fourth-order valence-electron chi connectivity index (χ4n) is 2.15. The standard InChI is InChI=1S/C17H24ClN5O.HI/c1-4-6-11-23(3)17(19-5-2)20-12-15-21-16(22-24-15)13-7-9-14(18)10-8-13;/h7-10H,4-6,11-12H2,1-3H3,(H,19,20);1H. The first kappa shape index (κ1) is 21.7. The van der Waals surface area contributed by atoms with Crippen LogP contribution in [0.5, 0.6) is 0 Å². The molecular formula is C17H25ClIN5O. The van der Waals surface area contributed by atoms with Gasteiger partial charge in [0, 0.05) is 30.7 Å². The van der Waals surface area contributed by atoms with Crippen LogP contribution in [0.4, 0.5) is 0 Å². The van der Waals surface area contributed by atoms with Crippen molar-refractivity contribution in [2.75, 3.05) is 20.1 Å². The predicted octanol–water partition coefficient (Wildman–Crippen LogP) is 4.21. The predicted molar refractivity (Wildman–Crippen MR) is 113 cm³/mol. The normalized spacial score (nSPS) is 11.1. The highest BCUT2D eigenvalue weighted by Crippen LogP contribution is 2.18. The summed E-state index contributed by atoms with van der Waals surface area (Å²) in [5, 5.41) is 7.96. The molecule has 25 heavy (non-hydrogen) atoms. The maximum absolute atomic E-state index is 5.89. The van der Waals surface area contributed by atoms with Gasteiger partial charge in [-0.1, -0.05) is 30.1 Å². The van der Waals surface area contributed by atoms with Gasteiger partial charge in [-0.3, -0.25) is 0 Å². The van der Waals surface area contributed by atoms with E-state index in [9.17, 15) is 0 Å². The molecule has 2 rings (SSSR count). The van der Waals surface area contributed by atoms with Crippen LogP contribution in [0.1, 0.15) is 32.6 Å². The molecule has 2 aromatic rings. The van der Waals surface area contributed by atoms with Crippen LogP contribution in [0.25, 0.3) is 11.4 Å². The summed E-state index contributed by atoms with van der Waals surface area (Å²) in [5.41, 5.74) is 0.866. The Hall–Kier alpha value is -1.35. The second kappa shape index (κ2) is 11.3. The number of benzene rings is 1. The molecule has 0 amide bonds. The van der Waals surface area contributed by atoms with Crippen LogP contribution in [0.2, 0.25) is 5.02 Å². The molecular weight excluding hydrogens is 453 g/mol. The molecule has 0 spiro atoms. The first-order valence-corrected chi connectivity index (χ1v) is 8.59. The van der Waals surface area contributed by atoms with Crippen LogP contribution in [-0.4, -0.2) is 41.1 Å². The highest BCUT2D eigenvalue weighted by molar-refractivity contribution is 14.0. The van der Waals surface area contributed by atoms with Crippen LogP contribution < -0.4 is 5.32 Å². The summed E-state index contributed by atoms with van der Waals surface area (Å²) < 4.78 is 5.29. The maximum atomic E-state index is 5.89. The molecule has 0 atom stereocenters. The highest BCUT2D eigenvalue weighted by atomic mass is 127.